The molecule has 102 valence electrons. The zero-order chi connectivity index (χ0) is 13.7. The van der Waals surface area contributed by atoms with Gasteiger partial charge in [-0.05, 0) is 13.0 Å². The highest BCUT2D eigenvalue weighted by Gasteiger charge is 2.03. The van der Waals surface area contributed by atoms with E-state index in [0.29, 0.717) is 0 Å². The van der Waals surface area contributed by atoms with Crippen molar-refractivity contribution in [2.75, 3.05) is 13.7 Å². The van der Waals surface area contributed by atoms with E-state index in [1.54, 1.807) is 18.1 Å². The molecule has 0 amide bonds. The number of hydrogen-bond donors (Lipinski definition) is 1. The summed E-state index contributed by atoms with van der Waals surface area (Å²) in [5.74, 6) is 1.79. The van der Waals surface area contributed by atoms with Crippen LogP contribution in [0.3, 0.4) is 0 Å². The maximum Gasteiger partial charge on any atom is 0.151 e. The van der Waals surface area contributed by atoms with Gasteiger partial charge in [0, 0.05) is 32.1 Å². The van der Waals surface area contributed by atoms with Crippen molar-refractivity contribution < 1.29 is 4.74 Å². The number of aryl methyl sites for hydroxylation is 2. The Kier molecular flexibility index (Phi) is 4.52. The second-order valence-corrected chi connectivity index (χ2v) is 4.58. The van der Waals surface area contributed by atoms with Gasteiger partial charge in [-0.1, -0.05) is 17.7 Å². The lowest BCUT2D eigenvalue weighted by atomic mass is 10.1. The van der Waals surface area contributed by atoms with Gasteiger partial charge < -0.3 is 10.1 Å². The second kappa shape index (κ2) is 6.33. The van der Waals surface area contributed by atoms with E-state index in [2.05, 4.69) is 34.5 Å². The standard InChI is InChI=1S/C14H20N4O/c1-11-4-5-13(19-3)12(8-11)9-15-7-6-14-16-10-18(2)17-14/h4-5,8,10,15H,6-7,9H2,1-3H3. The molecule has 5 heteroatoms. The monoisotopic (exact) mass is 260 g/mol. The van der Waals surface area contributed by atoms with Gasteiger partial charge in [0.05, 0.1) is 7.11 Å². The molecule has 0 aliphatic heterocycles. The first kappa shape index (κ1) is 13.5. The normalized spacial score (nSPS) is 10.7. The summed E-state index contributed by atoms with van der Waals surface area (Å²) in [6.45, 7) is 3.72. The second-order valence-electron chi connectivity index (χ2n) is 4.58. The number of ether oxygens (including phenoxy) is 1. The maximum absolute atomic E-state index is 5.35. The number of nitrogens with zero attached hydrogens (tertiary/aromatic N) is 3. The van der Waals surface area contributed by atoms with Gasteiger partial charge in [0.25, 0.3) is 0 Å². The summed E-state index contributed by atoms with van der Waals surface area (Å²) in [4.78, 5) is 4.20. The molecule has 1 heterocycles. The molecule has 0 bridgehead atoms. The molecule has 0 saturated carbocycles. The van der Waals surface area contributed by atoms with Gasteiger partial charge in [-0.15, -0.1) is 0 Å². The van der Waals surface area contributed by atoms with E-state index in [1.165, 1.54) is 11.1 Å². The Morgan fingerprint density at radius 3 is 2.89 bits per heavy atom. The smallest absolute Gasteiger partial charge is 0.151 e. The van der Waals surface area contributed by atoms with Gasteiger partial charge in [0.15, 0.2) is 5.82 Å². The number of nitrogens with one attached hydrogen (secondary N) is 1. The van der Waals surface area contributed by atoms with Gasteiger partial charge in [0.1, 0.15) is 12.1 Å². The molecule has 0 radical (unpaired) electrons. The van der Waals surface area contributed by atoms with Crippen molar-refractivity contribution in [1.82, 2.24) is 20.1 Å². The summed E-state index contributed by atoms with van der Waals surface area (Å²) in [5.41, 5.74) is 2.42. The van der Waals surface area contributed by atoms with Crippen LogP contribution in [-0.2, 0) is 20.0 Å². The molecule has 5 nitrogen and oxygen atoms in total. The van der Waals surface area contributed by atoms with Crippen molar-refractivity contribution in [3.63, 3.8) is 0 Å². The van der Waals surface area contributed by atoms with Crippen LogP contribution >= 0.6 is 0 Å². The van der Waals surface area contributed by atoms with Gasteiger partial charge in [-0.2, -0.15) is 5.10 Å². The molecule has 0 fully saturated rings. The highest BCUT2D eigenvalue weighted by Crippen LogP contribution is 2.19. The van der Waals surface area contributed by atoms with Crippen LogP contribution in [0, 0.1) is 6.92 Å². The fourth-order valence-electron chi connectivity index (χ4n) is 1.97. The average molecular weight is 260 g/mol. The lowest BCUT2D eigenvalue weighted by molar-refractivity contribution is 0.407. The van der Waals surface area contributed by atoms with E-state index in [-0.39, 0.29) is 0 Å². The number of methoxy groups -OCH3 is 1. The number of benzene rings is 1. The van der Waals surface area contributed by atoms with Gasteiger partial charge in [0.2, 0.25) is 0 Å². The van der Waals surface area contributed by atoms with Crippen LogP contribution in [0.25, 0.3) is 0 Å². The number of hydrogen-bond acceptors (Lipinski definition) is 4. The van der Waals surface area contributed by atoms with Crippen molar-refractivity contribution in [3.8, 4) is 5.75 Å². The summed E-state index contributed by atoms with van der Waals surface area (Å²) >= 11 is 0. The third kappa shape index (κ3) is 3.79. The minimum Gasteiger partial charge on any atom is -0.496 e. The Balaban J connectivity index is 1.83. The lowest BCUT2D eigenvalue weighted by Crippen LogP contribution is -2.17. The summed E-state index contributed by atoms with van der Waals surface area (Å²) in [5, 5.41) is 7.64. The molecular weight excluding hydrogens is 240 g/mol. The van der Waals surface area contributed by atoms with E-state index in [1.807, 2.05) is 13.1 Å². The molecule has 2 rings (SSSR count). The van der Waals surface area contributed by atoms with Crippen LogP contribution in [0.4, 0.5) is 0 Å². The molecule has 1 aromatic heterocycles. The lowest BCUT2D eigenvalue weighted by Gasteiger charge is -2.10. The fraction of sp³-hybridized carbons (Fsp3) is 0.429. The van der Waals surface area contributed by atoms with Crippen LogP contribution in [0.5, 0.6) is 5.75 Å². The van der Waals surface area contributed by atoms with Crippen molar-refractivity contribution in [3.05, 3.63) is 41.5 Å². The molecule has 0 spiro atoms. The fourth-order valence-corrected chi connectivity index (χ4v) is 1.97. The zero-order valence-electron chi connectivity index (χ0n) is 11.7. The molecule has 0 unspecified atom stereocenters. The third-order valence-electron chi connectivity index (χ3n) is 2.92. The summed E-state index contributed by atoms with van der Waals surface area (Å²) in [6.07, 6.45) is 2.55. The van der Waals surface area contributed by atoms with E-state index in [9.17, 15) is 0 Å². The van der Waals surface area contributed by atoms with Gasteiger partial charge >= 0.3 is 0 Å². The Morgan fingerprint density at radius 2 is 2.21 bits per heavy atom. The van der Waals surface area contributed by atoms with Crippen LogP contribution < -0.4 is 10.1 Å². The van der Waals surface area contributed by atoms with Crippen LogP contribution in [0.15, 0.2) is 24.5 Å². The third-order valence-corrected chi connectivity index (χ3v) is 2.92. The van der Waals surface area contributed by atoms with Crippen molar-refractivity contribution in [2.45, 2.75) is 19.9 Å². The van der Waals surface area contributed by atoms with Gasteiger partial charge in [-0.25, -0.2) is 4.98 Å². The molecule has 0 aliphatic carbocycles. The predicted molar refractivity (Wildman–Crippen MR) is 74.1 cm³/mol. The average Bonchev–Trinajstić information content (AvgIpc) is 2.81. The molecule has 0 atom stereocenters. The molecule has 19 heavy (non-hydrogen) atoms. The molecule has 0 saturated heterocycles. The highest BCUT2D eigenvalue weighted by molar-refractivity contribution is 5.36. The molecular formula is C14H20N4O. The van der Waals surface area contributed by atoms with E-state index >= 15 is 0 Å². The van der Waals surface area contributed by atoms with Crippen molar-refractivity contribution in [1.29, 1.82) is 0 Å². The summed E-state index contributed by atoms with van der Waals surface area (Å²) < 4.78 is 7.07. The number of aromatic nitrogens is 3. The topological polar surface area (TPSA) is 52.0 Å². The zero-order valence-corrected chi connectivity index (χ0v) is 11.7. The van der Waals surface area contributed by atoms with Crippen LogP contribution in [-0.4, -0.2) is 28.4 Å². The maximum atomic E-state index is 5.35. The first-order valence-electron chi connectivity index (χ1n) is 6.38. The Morgan fingerprint density at radius 1 is 1.37 bits per heavy atom. The Labute approximate surface area is 113 Å². The van der Waals surface area contributed by atoms with E-state index < -0.39 is 0 Å². The van der Waals surface area contributed by atoms with Crippen molar-refractivity contribution >= 4 is 0 Å². The minimum atomic E-state index is 0.789. The van der Waals surface area contributed by atoms with Gasteiger partial charge in [-0.3, -0.25) is 4.68 Å². The molecule has 0 aliphatic rings. The Hall–Kier alpha value is -1.88. The quantitative estimate of drug-likeness (QED) is 0.799. The molecule has 2 aromatic rings. The minimum absolute atomic E-state index is 0.789. The SMILES string of the molecule is COc1ccc(C)cc1CNCCc1ncn(C)n1. The van der Waals surface area contributed by atoms with E-state index in [4.69, 9.17) is 4.74 Å². The Bertz CT molecular complexity index is 536. The number of rotatable bonds is 6. The summed E-state index contributed by atoms with van der Waals surface area (Å²) in [7, 11) is 3.58. The van der Waals surface area contributed by atoms with Crippen LogP contribution in [0.2, 0.25) is 0 Å². The van der Waals surface area contributed by atoms with Crippen LogP contribution in [0.1, 0.15) is 17.0 Å². The summed E-state index contributed by atoms with van der Waals surface area (Å²) in [6, 6.07) is 6.21. The largest absolute Gasteiger partial charge is 0.496 e. The first-order chi connectivity index (χ1) is 9.19. The molecule has 1 aromatic carbocycles. The first-order valence-corrected chi connectivity index (χ1v) is 6.38. The molecule has 1 N–H and O–H groups in total. The predicted octanol–water partition coefficient (Wildman–Crippen LogP) is 1.46. The highest BCUT2D eigenvalue weighted by atomic mass is 16.5. The van der Waals surface area contributed by atoms with E-state index in [0.717, 1.165) is 31.1 Å². The van der Waals surface area contributed by atoms with Crippen molar-refractivity contribution in [2.24, 2.45) is 7.05 Å².